The molecule has 0 saturated carbocycles. The summed E-state index contributed by atoms with van der Waals surface area (Å²) in [6.07, 6.45) is 1.01. The van der Waals surface area contributed by atoms with Crippen molar-refractivity contribution in [1.29, 1.82) is 0 Å². The molecule has 3 heterocycles. The zero-order chi connectivity index (χ0) is 11.6. The number of urea groups is 1. The van der Waals surface area contributed by atoms with Crippen LogP contribution in [0, 0.1) is 0 Å². The van der Waals surface area contributed by atoms with Gasteiger partial charge in [0.05, 0.1) is 11.9 Å². The van der Waals surface area contributed by atoms with Crippen molar-refractivity contribution in [2.45, 2.75) is 24.6 Å². The molecule has 2 amide bonds. The number of carbonyl (C=O) groups is 1. The zero-order valence-electron chi connectivity index (χ0n) is 9.13. The number of hydroxylamine groups is 2. The van der Waals surface area contributed by atoms with Gasteiger partial charge < -0.3 is 0 Å². The van der Waals surface area contributed by atoms with Gasteiger partial charge in [-0.05, 0) is 6.42 Å². The molecular weight excluding hydrogens is 283 g/mol. The predicted octanol–water partition coefficient (Wildman–Crippen LogP) is -0.353. The van der Waals surface area contributed by atoms with Crippen molar-refractivity contribution in [2.75, 3.05) is 12.4 Å². The summed E-state index contributed by atoms with van der Waals surface area (Å²) < 4.78 is 32.4. The van der Waals surface area contributed by atoms with Crippen molar-refractivity contribution in [1.82, 2.24) is 9.96 Å². The van der Waals surface area contributed by atoms with Crippen molar-refractivity contribution < 1.29 is 21.7 Å². The second-order valence-corrected chi connectivity index (χ2v) is 5.46. The SMILES string of the molecule is O=C1N2OS(=O)(=O)O[C@]3(CCl)CC[C@@H]2CN13.[Na]. The van der Waals surface area contributed by atoms with E-state index >= 15 is 0 Å². The minimum absolute atomic E-state index is 0. The number of hydrogen-bond donors (Lipinski definition) is 0. The van der Waals surface area contributed by atoms with E-state index < -0.39 is 22.2 Å². The van der Waals surface area contributed by atoms with Gasteiger partial charge in [-0.3, -0.25) is 4.90 Å². The van der Waals surface area contributed by atoms with E-state index in [9.17, 15) is 13.2 Å². The van der Waals surface area contributed by atoms with Gasteiger partial charge in [0.2, 0.25) is 0 Å². The van der Waals surface area contributed by atoms with Gasteiger partial charge in [-0.25, -0.2) is 8.98 Å². The average Bonchev–Trinajstić information content (AvgIpc) is 2.42. The zero-order valence-corrected chi connectivity index (χ0v) is 12.7. The van der Waals surface area contributed by atoms with E-state index in [1.54, 1.807) is 0 Å². The average molecular weight is 292 g/mol. The number of halogens is 1. The van der Waals surface area contributed by atoms with Crippen LogP contribution in [0.5, 0.6) is 0 Å². The molecule has 1 radical (unpaired) electrons. The molecule has 2 atom stereocenters. The van der Waals surface area contributed by atoms with Gasteiger partial charge in [-0.2, -0.15) is 13.5 Å². The topological polar surface area (TPSA) is 76.1 Å². The monoisotopic (exact) mass is 291 g/mol. The van der Waals surface area contributed by atoms with Crippen LogP contribution in [0.25, 0.3) is 0 Å². The Kier molecular flexibility index (Phi) is 3.44. The largest absolute Gasteiger partial charge is 0.423 e. The van der Waals surface area contributed by atoms with Crippen molar-refractivity contribution >= 4 is 57.6 Å². The molecule has 0 N–H and O–H groups in total. The number of rotatable bonds is 1. The quantitative estimate of drug-likeness (QED) is 0.487. The van der Waals surface area contributed by atoms with E-state index in [-0.39, 0.29) is 41.5 Å². The molecule has 0 aliphatic carbocycles. The maximum atomic E-state index is 11.8. The van der Waals surface area contributed by atoms with Crippen LogP contribution in [-0.4, -0.2) is 78.2 Å². The van der Waals surface area contributed by atoms with E-state index in [4.69, 9.17) is 15.8 Å². The molecule has 0 spiro atoms. The smallest absolute Gasteiger partial charge is 0.290 e. The fourth-order valence-electron chi connectivity index (χ4n) is 2.36. The Morgan fingerprint density at radius 2 is 2.24 bits per heavy atom. The van der Waals surface area contributed by atoms with Crippen LogP contribution in [0.3, 0.4) is 0 Å². The van der Waals surface area contributed by atoms with E-state index in [1.165, 1.54) is 4.90 Å². The fraction of sp³-hybridized carbons (Fsp3) is 0.857. The Morgan fingerprint density at radius 3 is 2.88 bits per heavy atom. The van der Waals surface area contributed by atoms with Crippen molar-refractivity contribution in [3.8, 4) is 0 Å². The number of piperidine rings is 1. The van der Waals surface area contributed by atoms with E-state index in [1.807, 2.05) is 0 Å². The molecule has 17 heavy (non-hydrogen) atoms. The summed E-state index contributed by atoms with van der Waals surface area (Å²) >= 11 is 5.76. The first-order valence-corrected chi connectivity index (χ1v) is 6.66. The molecular formula is C7H9ClN2NaO5S. The third kappa shape index (κ3) is 1.90. The van der Waals surface area contributed by atoms with Crippen LogP contribution in [0.2, 0.25) is 0 Å². The normalized spacial score (nSPS) is 37.9. The van der Waals surface area contributed by atoms with Gasteiger partial charge in [0.15, 0.2) is 5.72 Å². The second kappa shape index (κ2) is 4.22. The molecule has 0 aromatic heterocycles. The summed E-state index contributed by atoms with van der Waals surface area (Å²) in [5.74, 6) is -0.0953. The summed E-state index contributed by atoms with van der Waals surface area (Å²) in [5.41, 5.74) is -1.28. The number of hydrogen-bond acceptors (Lipinski definition) is 5. The number of nitrogens with zero attached hydrogens (tertiary/aromatic N) is 2. The molecule has 3 fully saturated rings. The Balaban J connectivity index is 0.00000108. The van der Waals surface area contributed by atoms with Gasteiger partial charge in [-0.15, -0.1) is 15.9 Å². The molecule has 3 bridgehead atoms. The van der Waals surface area contributed by atoms with Gasteiger partial charge in [0, 0.05) is 42.5 Å². The number of carbonyl (C=O) groups excluding carboxylic acids is 1. The van der Waals surface area contributed by atoms with Crippen LogP contribution >= 0.6 is 11.6 Å². The van der Waals surface area contributed by atoms with Gasteiger partial charge in [0.25, 0.3) is 0 Å². The Bertz CT molecular complexity index is 459. The molecule has 10 heteroatoms. The van der Waals surface area contributed by atoms with E-state index in [0.29, 0.717) is 19.4 Å². The molecule has 0 aromatic carbocycles. The Morgan fingerprint density at radius 1 is 1.53 bits per heavy atom. The minimum atomic E-state index is -4.21. The molecule has 3 rings (SSSR count). The van der Waals surface area contributed by atoms with E-state index in [0.717, 1.165) is 5.06 Å². The van der Waals surface area contributed by atoms with E-state index in [2.05, 4.69) is 4.28 Å². The minimum Gasteiger partial charge on any atom is -0.290 e. The molecule has 0 aromatic rings. The molecule has 0 unspecified atom stereocenters. The number of alkyl halides is 1. The van der Waals surface area contributed by atoms with Crippen molar-refractivity contribution in [3.05, 3.63) is 0 Å². The Labute approximate surface area is 126 Å². The standard InChI is InChI=1S/C7H9ClN2O5S.Na/c8-4-7-2-1-5-3-9(7)6(11)10(5)15-16(12,13)14-7;/h5H,1-4H2;/t5-,7+;/m1./s1. The van der Waals surface area contributed by atoms with Crippen molar-refractivity contribution in [3.63, 3.8) is 0 Å². The number of amides is 2. The first-order chi connectivity index (χ1) is 7.47. The molecule has 3 saturated heterocycles. The summed E-state index contributed by atoms with van der Waals surface area (Å²) in [4.78, 5) is 13.2. The predicted molar refractivity (Wildman–Crippen MR) is 57.3 cm³/mol. The molecule has 7 nitrogen and oxygen atoms in total. The van der Waals surface area contributed by atoms with Gasteiger partial charge in [-0.1, -0.05) is 0 Å². The number of fused-ring (bicyclic) bond motifs is 3. The third-order valence-corrected chi connectivity index (χ3v) is 4.42. The van der Waals surface area contributed by atoms with Crippen LogP contribution in [0.4, 0.5) is 4.79 Å². The molecule has 3 aliphatic heterocycles. The first kappa shape index (κ1) is 13.9. The second-order valence-electron chi connectivity index (χ2n) is 4.06. The maximum absolute atomic E-state index is 11.8. The van der Waals surface area contributed by atoms with Gasteiger partial charge >= 0.3 is 16.4 Å². The van der Waals surface area contributed by atoms with Crippen LogP contribution in [0.1, 0.15) is 12.8 Å². The molecule has 91 valence electrons. The van der Waals surface area contributed by atoms with Crippen LogP contribution in [0.15, 0.2) is 0 Å². The summed E-state index contributed by atoms with van der Waals surface area (Å²) in [7, 11) is -4.21. The maximum Gasteiger partial charge on any atom is 0.423 e. The summed E-state index contributed by atoms with van der Waals surface area (Å²) in [5, 5.41) is 0.872. The Hall–Kier alpha value is 0.430. The van der Waals surface area contributed by atoms with Crippen molar-refractivity contribution in [2.24, 2.45) is 0 Å². The van der Waals surface area contributed by atoms with Crippen LogP contribution in [-0.2, 0) is 18.9 Å². The first-order valence-electron chi connectivity index (χ1n) is 4.79. The van der Waals surface area contributed by atoms with Crippen LogP contribution < -0.4 is 0 Å². The summed E-state index contributed by atoms with van der Waals surface area (Å²) in [6.45, 7) is 0.390. The van der Waals surface area contributed by atoms with Gasteiger partial charge in [0.1, 0.15) is 0 Å². The third-order valence-electron chi connectivity index (χ3n) is 3.14. The molecule has 3 aliphatic rings. The summed E-state index contributed by atoms with van der Waals surface area (Å²) in [6, 6.07) is -0.730. The fourth-order valence-corrected chi connectivity index (χ4v) is 3.78.